The van der Waals surface area contributed by atoms with Crippen molar-refractivity contribution in [1.82, 2.24) is 4.98 Å². The third-order valence-electron chi connectivity index (χ3n) is 0.505. The minimum atomic E-state index is -6.00. The maximum Gasteiger partial charge on any atom is 0.673 e. The van der Waals surface area contributed by atoms with E-state index in [1.807, 2.05) is 0 Å². The molecule has 1 aromatic heterocycles. The molecule has 0 atom stereocenters. The van der Waals surface area contributed by atoms with Gasteiger partial charge in [-0.25, -0.2) is 0 Å². The first-order chi connectivity index (χ1) is 5.43. The van der Waals surface area contributed by atoms with E-state index in [9.17, 15) is 17.3 Å². The second-order valence-corrected chi connectivity index (χ2v) is 2.28. The highest BCUT2D eigenvalue weighted by molar-refractivity contribution is 7.13. The summed E-state index contributed by atoms with van der Waals surface area (Å²) in [4.78, 5) is 6.47. The van der Waals surface area contributed by atoms with Crippen molar-refractivity contribution >= 4 is 23.7 Å². The van der Waals surface area contributed by atoms with Crippen molar-refractivity contribution < 1.29 is 17.3 Å². The van der Waals surface area contributed by atoms with Gasteiger partial charge < -0.3 is 17.3 Å². The van der Waals surface area contributed by atoms with Crippen molar-refractivity contribution in [1.29, 1.82) is 5.39 Å². The molecule has 0 spiro atoms. The summed E-state index contributed by atoms with van der Waals surface area (Å²) in [5.41, 5.74) is 0. The molecule has 0 unspecified atom stereocenters. The van der Waals surface area contributed by atoms with Crippen LogP contribution in [0.5, 0.6) is 0 Å². The van der Waals surface area contributed by atoms with Crippen LogP contribution in [0.25, 0.3) is 4.98 Å². The molecule has 0 N–H and O–H groups in total. The van der Waals surface area contributed by atoms with E-state index in [0.717, 1.165) is 0 Å². The Bertz CT molecular complexity index is 246. The van der Waals surface area contributed by atoms with Gasteiger partial charge in [0, 0.05) is 10.4 Å². The summed E-state index contributed by atoms with van der Waals surface area (Å²) in [6.45, 7) is 0. The number of hydrogen-bond donors (Lipinski definition) is 0. The first-order valence-electron chi connectivity index (χ1n) is 2.55. The van der Waals surface area contributed by atoms with Gasteiger partial charge in [0.2, 0.25) is 0 Å². The summed E-state index contributed by atoms with van der Waals surface area (Å²) >= 11 is 1.30. The molecule has 1 aromatic rings. The van der Waals surface area contributed by atoms with Crippen molar-refractivity contribution in [3.8, 4) is 0 Å². The minimum Gasteiger partial charge on any atom is -0.418 e. The van der Waals surface area contributed by atoms with Gasteiger partial charge in [-0.2, -0.15) is 0 Å². The van der Waals surface area contributed by atoms with Crippen LogP contribution in [-0.2, 0) is 0 Å². The highest BCUT2D eigenvalue weighted by atomic mass is 32.1. The highest BCUT2D eigenvalue weighted by Crippen LogP contribution is 2.12. The Morgan fingerprint density at radius 2 is 1.92 bits per heavy atom. The quantitative estimate of drug-likeness (QED) is 0.366. The fourth-order valence-corrected chi connectivity index (χ4v) is 0.678. The van der Waals surface area contributed by atoms with Gasteiger partial charge in [-0.05, 0) is 16.3 Å². The molecule has 0 aliphatic heterocycles. The average molecular weight is 199 g/mol. The Morgan fingerprint density at radius 3 is 2.08 bits per heavy atom. The standard InChI is InChI=1S/C3H2N3S.BF4/c4-6-3-5-1-2-7-3;2-1(3,4)5/h1-2H;/q+1;-1. The Hall–Kier alpha value is -1.17. The first kappa shape index (κ1) is 10.8. The van der Waals surface area contributed by atoms with Crippen molar-refractivity contribution in [3.63, 3.8) is 0 Å². The maximum atomic E-state index is 9.75. The number of thiazole rings is 1. The van der Waals surface area contributed by atoms with E-state index in [4.69, 9.17) is 5.39 Å². The summed E-state index contributed by atoms with van der Waals surface area (Å²) in [5, 5.41) is 10.1. The molecule has 0 saturated carbocycles. The van der Waals surface area contributed by atoms with Crippen LogP contribution in [-0.4, -0.2) is 12.2 Å². The van der Waals surface area contributed by atoms with Crippen LogP contribution in [0.4, 0.5) is 22.4 Å². The number of hydrogen-bond acceptors (Lipinski definition) is 3. The lowest BCUT2D eigenvalue weighted by atomic mass is 10.3. The van der Waals surface area contributed by atoms with E-state index in [0.29, 0.717) is 5.13 Å². The predicted octanol–water partition coefficient (Wildman–Crippen LogP) is 2.93. The molecule has 3 nitrogen and oxygen atoms in total. The molecular formula is C3H2BF4N3S. The Kier molecular flexibility index (Phi) is 4.21. The van der Waals surface area contributed by atoms with Gasteiger partial charge in [-0.3, -0.25) is 0 Å². The SMILES string of the molecule is F[B-](F)(F)F.N#[N+]c1nccs1. The smallest absolute Gasteiger partial charge is 0.418 e. The van der Waals surface area contributed by atoms with Crippen LogP contribution in [0.1, 0.15) is 0 Å². The molecule has 0 bridgehead atoms. The first-order valence-corrected chi connectivity index (χ1v) is 3.43. The minimum absolute atomic E-state index is 0.403. The zero-order chi connectivity index (χ0) is 9.61. The molecule has 9 heteroatoms. The van der Waals surface area contributed by atoms with Crippen LogP contribution in [0.3, 0.4) is 0 Å². The van der Waals surface area contributed by atoms with Gasteiger partial charge in [-0.15, -0.1) is 0 Å². The van der Waals surface area contributed by atoms with Gasteiger partial charge in [0.15, 0.2) is 6.20 Å². The molecule has 12 heavy (non-hydrogen) atoms. The summed E-state index contributed by atoms with van der Waals surface area (Å²) in [7, 11) is -6.00. The molecule has 0 aliphatic rings. The molecule has 0 aliphatic carbocycles. The Morgan fingerprint density at radius 1 is 1.42 bits per heavy atom. The monoisotopic (exact) mass is 199 g/mol. The molecule has 0 aromatic carbocycles. The van der Waals surface area contributed by atoms with Gasteiger partial charge in [-0.1, -0.05) is 0 Å². The fourth-order valence-electron chi connectivity index (χ4n) is 0.265. The number of halogens is 4. The highest BCUT2D eigenvalue weighted by Gasteiger charge is 2.20. The summed E-state index contributed by atoms with van der Waals surface area (Å²) in [6.07, 6.45) is 1.58. The van der Waals surface area contributed by atoms with Crippen LogP contribution < -0.4 is 0 Å². The molecule has 1 rings (SSSR count). The molecule has 0 fully saturated rings. The lowest BCUT2D eigenvalue weighted by molar-refractivity contribution is 0.368. The second kappa shape index (κ2) is 4.66. The Balaban J connectivity index is 0.000000217. The zero-order valence-corrected chi connectivity index (χ0v) is 6.31. The Labute approximate surface area is 68.8 Å². The molecule has 1 heterocycles. The molecule has 0 saturated heterocycles. The van der Waals surface area contributed by atoms with Crippen molar-refractivity contribution in [2.45, 2.75) is 0 Å². The maximum absolute atomic E-state index is 9.75. The predicted molar refractivity (Wildman–Crippen MR) is 37.0 cm³/mol. The fraction of sp³-hybridized carbons (Fsp3) is 0. The summed E-state index contributed by atoms with van der Waals surface area (Å²) in [6, 6.07) is 0. The van der Waals surface area contributed by atoms with Gasteiger partial charge >= 0.3 is 12.4 Å². The third kappa shape index (κ3) is 8.83. The number of nitrogens with zero attached hydrogens (tertiary/aromatic N) is 3. The lowest BCUT2D eigenvalue weighted by Gasteiger charge is -1.94. The van der Waals surface area contributed by atoms with Gasteiger partial charge in [0.1, 0.15) is 0 Å². The number of aromatic nitrogens is 1. The molecule has 0 amide bonds. The largest absolute Gasteiger partial charge is 0.673 e. The van der Waals surface area contributed by atoms with E-state index in [-0.39, 0.29) is 0 Å². The third-order valence-corrected chi connectivity index (χ3v) is 1.16. The van der Waals surface area contributed by atoms with E-state index in [1.165, 1.54) is 11.3 Å². The second-order valence-electron chi connectivity index (χ2n) is 1.41. The number of rotatable bonds is 0. The van der Waals surface area contributed by atoms with Crippen molar-refractivity contribution in [2.24, 2.45) is 0 Å². The van der Waals surface area contributed by atoms with E-state index < -0.39 is 7.25 Å². The van der Waals surface area contributed by atoms with E-state index in [1.54, 1.807) is 11.6 Å². The van der Waals surface area contributed by atoms with Crippen LogP contribution in [0.15, 0.2) is 11.6 Å². The van der Waals surface area contributed by atoms with Crippen LogP contribution in [0, 0.1) is 5.39 Å². The van der Waals surface area contributed by atoms with E-state index in [2.05, 4.69) is 9.96 Å². The van der Waals surface area contributed by atoms with Crippen molar-refractivity contribution in [2.75, 3.05) is 0 Å². The molecule has 66 valence electrons. The lowest BCUT2D eigenvalue weighted by Crippen LogP contribution is -2.02. The van der Waals surface area contributed by atoms with Gasteiger partial charge in [0.25, 0.3) is 0 Å². The number of diazo groups is 1. The summed E-state index contributed by atoms with van der Waals surface area (Å²) in [5.74, 6) is 0. The van der Waals surface area contributed by atoms with E-state index >= 15 is 0 Å². The molecule has 0 radical (unpaired) electrons. The van der Waals surface area contributed by atoms with Crippen LogP contribution >= 0.6 is 11.3 Å². The normalized spacial score (nSPS) is 9.58. The zero-order valence-electron chi connectivity index (χ0n) is 5.49. The summed E-state index contributed by atoms with van der Waals surface area (Å²) < 4.78 is 39.0. The molecular weight excluding hydrogens is 197 g/mol. The average Bonchev–Trinajstić information content (AvgIpc) is 2.33. The van der Waals surface area contributed by atoms with Crippen molar-refractivity contribution in [3.05, 3.63) is 16.6 Å². The van der Waals surface area contributed by atoms with Gasteiger partial charge in [0.05, 0.1) is 5.39 Å². The topological polar surface area (TPSA) is 41.0 Å². The van der Waals surface area contributed by atoms with Crippen LogP contribution in [0.2, 0.25) is 0 Å².